The fraction of sp³-hybridized carbons (Fsp3) is 0.375. The zero-order valence-electron chi connectivity index (χ0n) is 12.1. The molecule has 0 spiro atoms. The summed E-state index contributed by atoms with van der Waals surface area (Å²) < 4.78 is 14.4. The van der Waals surface area contributed by atoms with E-state index in [1.165, 1.54) is 10.9 Å². The molecule has 0 unspecified atom stereocenters. The molecule has 108 valence electrons. The van der Waals surface area contributed by atoms with Gasteiger partial charge in [-0.2, -0.15) is 0 Å². The molecule has 0 aliphatic rings. The monoisotopic (exact) mass is 292 g/mol. The average molecular weight is 292 g/mol. The summed E-state index contributed by atoms with van der Waals surface area (Å²) in [6.45, 7) is 6.74. The van der Waals surface area contributed by atoms with Gasteiger partial charge in [0.25, 0.3) is 0 Å². The molecule has 2 aromatic rings. The number of hydrogen-bond donors (Lipinski definition) is 1. The van der Waals surface area contributed by atoms with Gasteiger partial charge in [-0.05, 0) is 43.8 Å². The normalized spacial score (nSPS) is 12.7. The molecule has 0 saturated heterocycles. The first kappa shape index (κ1) is 15.0. The van der Waals surface area contributed by atoms with Gasteiger partial charge >= 0.3 is 0 Å². The van der Waals surface area contributed by atoms with Gasteiger partial charge in [-0.15, -0.1) is 11.3 Å². The van der Waals surface area contributed by atoms with Gasteiger partial charge in [-0.1, -0.05) is 18.2 Å². The van der Waals surface area contributed by atoms with Gasteiger partial charge in [0.15, 0.2) is 0 Å². The van der Waals surface area contributed by atoms with E-state index < -0.39 is 0 Å². The number of nitrogens with two attached hydrogens (primary N) is 1. The Kier molecular flexibility index (Phi) is 4.78. The number of rotatable bonds is 5. The number of benzene rings is 1. The molecule has 0 radical (unpaired) electrons. The van der Waals surface area contributed by atoms with Gasteiger partial charge in [0.1, 0.15) is 5.82 Å². The molecule has 0 aliphatic carbocycles. The van der Waals surface area contributed by atoms with Crippen molar-refractivity contribution in [2.45, 2.75) is 39.4 Å². The molecule has 0 saturated carbocycles. The third-order valence-electron chi connectivity index (χ3n) is 3.33. The predicted octanol–water partition coefficient (Wildman–Crippen LogP) is 4.32. The van der Waals surface area contributed by atoms with E-state index in [4.69, 9.17) is 5.73 Å². The lowest BCUT2D eigenvalue weighted by Gasteiger charge is -2.31. The van der Waals surface area contributed by atoms with Gasteiger partial charge < -0.3 is 10.6 Å². The van der Waals surface area contributed by atoms with E-state index in [1.54, 1.807) is 17.4 Å². The zero-order chi connectivity index (χ0) is 14.7. The van der Waals surface area contributed by atoms with Crippen LogP contribution in [0.25, 0.3) is 0 Å². The van der Waals surface area contributed by atoms with Crippen molar-refractivity contribution in [2.24, 2.45) is 5.73 Å². The summed E-state index contributed by atoms with van der Waals surface area (Å²) in [5.74, 6) is -0.204. The summed E-state index contributed by atoms with van der Waals surface area (Å²) in [6.07, 6.45) is 0. The summed E-state index contributed by atoms with van der Waals surface area (Å²) in [6, 6.07) is 9.24. The van der Waals surface area contributed by atoms with E-state index in [0.29, 0.717) is 12.2 Å². The fourth-order valence-electron chi connectivity index (χ4n) is 2.29. The smallest absolute Gasteiger partial charge is 0.146 e. The average Bonchev–Trinajstić information content (AvgIpc) is 2.88. The Hall–Kier alpha value is -1.39. The van der Waals surface area contributed by atoms with E-state index in [2.05, 4.69) is 24.8 Å². The minimum absolute atomic E-state index is 0.190. The highest BCUT2D eigenvalue weighted by Gasteiger charge is 2.20. The van der Waals surface area contributed by atoms with Gasteiger partial charge in [0, 0.05) is 17.0 Å². The largest absolute Gasteiger partial charge is 0.361 e. The maximum absolute atomic E-state index is 14.4. The zero-order valence-corrected chi connectivity index (χ0v) is 13.0. The lowest BCUT2D eigenvalue weighted by Crippen LogP contribution is -2.32. The molecular weight excluding hydrogens is 271 g/mol. The highest BCUT2D eigenvalue weighted by molar-refractivity contribution is 7.09. The highest BCUT2D eigenvalue weighted by atomic mass is 32.1. The molecule has 1 atom stereocenters. The van der Waals surface area contributed by atoms with E-state index in [-0.39, 0.29) is 17.9 Å². The van der Waals surface area contributed by atoms with Crippen molar-refractivity contribution in [1.29, 1.82) is 0 Å². The summed E-state index contributed by atoms with van der Waals surface area (Å²) in [4.78, 5) is 3.30. The SMILES string of the molecule is CC(C)N(Cc1cccs1)c1c(F)cccc1[C@@H](C)N. The minimum Gasteiger partial charge on any atom is -0.361 e. The molecule has 2 rings (SSSR count). The third kappa shape index (κ3) is 3.19. The van der Waals surface area contributed by atoms with E-state index in [9.17, 15) is 4.39 Å². The summed E-state index contributed by atoms with van der Waals surface area (Å²) in [5, 5.41) is 2.04. The minimum atomic E-state index is -0.204. The van der Waals surface area contributed by atoms with Crippen molar-refractivity contribution >= 4 is 17.0 Å². The van der Waals surface area contributed by atoms with Crippen LogP contribution in [0.15, 0.2) is 35.7 Å². The molecule has 0 amide bonds. The quantitative estimate of drug-likeness (QED) is 0.889. The topological polar surface area (TPSA) is 29.3 Å². The Morgan fingerprint density at radius 3 is 2.50 bits per heavy atom. The van der Waals surface area contributed by atoms with Gasteiger partial charge in [-0.25, -0.2) is 4.39 Å². The van der Waals surface area contributed by atoms with Gasteiger partial charge in [0.2, 0.25) is 0 Å². The van der Waals surface area contributed by atoms with Crippen molar-refractivity contribution in [2.75, 3.05) is 4.90 Å². The van der Waals surface area contributed by atoms with E-state index in [1.807, 2.05) is 24.4 Å². The summed E-state index contributed by atoms with van der Waals surface area (Å²) >= 11 is 1.69. The predicted molar refractivity (Wildman–Crippen MR) is 84.6 cm³/mol. The van der Waals surface area contributed by atoms with Crippen LogP contribution in [-0.4, -0.2) is 6.04 Å². The number of halogens is 1. The van der Waals surface area contributed by atoms with Crippen LogP contribution >= 0.6 is 11.3 Å². The highest BCUT2D eigenvalue weighted by Crippen LogP contribution is 2.31. The number of hydrogen-bond acceptors (Lipinski definition) is 3. The second kappa shape index (κ2) is 6.37. The second-order valence-corrected chi connectivity index (χ2v) is 6.30. The van der Waals surface area contributed by atoms with Crippen LogP contribution in [0.5, 0.6) is 0 Å². The third-order valence-corrected chi connectivity index (χ3v) is 4.19. The van der Waals surface area contributed by atoms with Gasteiger partial charge in [0.05, 0.1) is 12.2 Å². The summed E-state index contributed by atoms with van der Waals surface area (Å²) in [5.41, 5.74) is 7.49. The molecule has 2 nitrogen and oxygen atoms in total. The lowest BCUT2D eigenvalue weighted by atomic mass is 10.0. The molecule has 1 aromatic carbocycles. The first-order chi connectivity index (χ1) is 9.50. The number of thiophene rings is 1. The van der Waals surface area contributed by atoms with Crippen LogP contribution in [0, 0.1) is 5.82 Å². The maximum Gasteiger partial charge on any atom is 0.146 e. The molecule has 4 heteroatoms. The van der Waals surface area contributed by atoms with Gasteiger partial charge in [-0.3, -0.25) is 0 Å². The van der Waals surface area contributed by atoms with Crippen LogP contribution in [0.4, 0.5) is 10.1 Å². The molecule has 0 aliphatic heterocycles. The van der Waals surface area contributed by atoms with Crippen molar-refractivity contribution in [3.8, 4) is 0 Å². The van der Waals surface area contributed by atoms with Crippen molar-refractivity contribution < 1.29 is 4.39 Å². The van der Waals surface area contributed by atoms with E-state index in [0.717, 1.165) is 5.56 Å². The standard InChI is InChI=1S/C16H21FN2S/c1-11(2)19(10-13-6-5-9-20-13)16-14(12(3)18)7-4-8-15(16)17/h4-9,11-12H,10,18H2,1-3H3/t12-/m1/s1. The molecule has 0 bridgehead atoms. The van der Waals surface area contributed by atoms with E-state index >= 15 is 0 Å². The Bertz CT molecular complexity index is 550. The fourth-order valence-corrected chi connectivity index (χ4v) is 3.00. The molecule has 1 heterocycles. The van der Waals surface area contributed by atoms with Crippen LogP contribution in [0.2, 0.25) is 0 Å². The van der Waals surface area contributed by atoms with Crippen LogP contribution < -0.4 is 10.6 Å². The van der Waals surface area contributed by atoms with Crippen LogP contribution in [-0.2, 0) is 6.54 Å². The van der Waals surface area contributed by atoms with Crippen LogP contribution in [0.1, 0.15) is 37.3 Å². The number of para-hydroxylation sites is 1. The number of nitrogens with zero attached hydrogens (tertiary/aromatic N) is 1. The Balaban J connectivity index is 2.44. The maximum atomic E-state index is 14.4. The Labute approximate surface area is 124 Å². The molecule has 2 N–H and O–H groups in total. The lowest BCUT2D eigenvalue weighted by molar-refractivity contribution is 0.592. The molecule has 1 aromatic heterocycles. The van der Waals surface area contributed by atoms with Crippen molar-refractivity contribution in [1.82, 2.24) is 0 Å². The molecule has 0 fully saturated rings. The summed E-state index contributed by atoms with van der Waals surface area (Å²) in [7, 11) is 0. The molecule has 20 heavy (non-hydrogen) atoms. The van der Waals surface area contributed by atoms with Crippen molar-refractivity contribution in [3.05, 3.63) is 52.0 Å². The second-order valence-electron chi connectivity index (χ2n) is 5.27. The van der Waals surface area contributed by atoms with Crippen LogP contribution in [0.3, 0.4) is 0 Å². The number of anilines is 1. The molecular formula is C16H21FN2S. The first-order valence-electron chi connectivity index (χ1n) is 6.83. The Morgan fingerprint density at radius 2 is 1.95 bits per heavy atom. The van der Waals surface area contributed by atoms with Crippen molar-refractivity contribution in [3.63, 3.8) is 0 Å². The first-order valence-corrected chi connectivity index (χ1v) is 7.71. The Morgan fingerprint density at radius 1 is 1.20 bits per heavy atom.